The highest BCUT2D eigenvalue weighted by Gasteiger charge is 2.22. The van der Waals surface area contributed by atoms with Gasteiger partial charge in [0.15, 0.2) is 4.77 Å². The van der Waals surface area contributed by atoms with E-state index in [1.807, 2.05) is 50.7 Å². The summed E-state index contributed by atoms with van der Waals surface area (Å²) in [7, 11) is 0. The Balaban J connectivity index is 1.29. The van der Waals surface area contributed by atoms with Crippen molar-refractivity contribution in [3.63, 3.8) is 0 Å². The number of carbonyl (C=O) groups excluding carboxylic acids is 1. The number of rotatable bonds is 7. The van der Waals surface area contributed by atoms with Gasteiger partial charge in [-0.2, -0.15) is 5.10 Å². The van der Waals surface area contributed by atoms with Crippen LogP contribution < -0.4 is 0 Å². The van der Waals surface area contributed by atoms with Crippen molar-refractivity contribution >= 4 is 18.1 Å². The van der Waals surface area contributed by atoms with Crippen LogP contribution in [-0.4, -0.2) is 61.2 Å². The van der Waals surface area contributed by atoms with E-state index >= 15 is 0 Å². The van der Waals surface area contributed by atoms with Gasteiger partial charge in [0, 0.05) is 56.6 Å². The number of aromatic nitrogens is 4. The smallest absolute Gasteiger partial charge is 0.253 e. The second-order valence-corrected chi connectivity index (χ2v) is 8.87. The molecule has 0 bridgehead atoms. The fourth-order valence-corrected chi connectivity index (χ4v) is 4.12. The van der Waals surface area contributed by atoms with Crippen LogP contribution in [0.4, 0.5) is 0 Å². The molecule has 1 amide bonds. The number of hydrogen-bond acceptors (Lipinski definition) is 5. The predicted molar refractivity (Wildman–Crippen MR) is 127 cm³/mol. The molecule has 4 rings (SSSR count). The number of nitrogens with zero attached hydrogens (tertiary/aromatic N) is 6. The Hall–Kier alpha value is -2.84. The van der Waals surface area contributed by atoms with Gasteiger partial charge in [-0.3, -0.25) is 14.7 Å². The first-order valence-corrected chi connectivity index (χ1v) is 11.6. The molecule has 0 spiro atoms. The van der Waals surface area contributed by atoms with E-state index in [1.54, 1.807) is 6.33 Å². The Kier molecular flexibility index (Phi) is 7.12. The second-order valence-electron chi connectivity index (χ2n) is 8.51. The average Bonchev–Trinajstić information content (AvgIpc) is 3.17. The van der Waals surface area contributed by atoms with Crippen LogP contribution in [0.25, 0.3) is 0 Å². The maximum absolute atomic E-state index is 12.9. The van der Waals surface area contributed by atoms with Crippen LogP contribution in [0.15, 0.2) is 55.0 Å². The summed E-state index contributed by atoms with van der Waals surface area (Å²) in [6, 6.07) is 13.9. The van der Waals surface area contributed by atoms with E-state index in [4.69, 9.17) is 12.2 Å². The molecule has 0 N–H and O–H groups in total. The summed E-state index contributed by atoms with van der Waals surface area (Å²) in [6.45, 7) is 8.74. The van der Waals surface area contributed by atoms with Crippen LogP contribution in [0, 0.1) is 4.77 Å². The molecule has 2 aromatic heterocycles. The predicted octanol–water partition coefficient (Wildman–Crippen LogP) is 3.59. The van der Waals surface area contributed by atoms with Gasteiger partial charge in [0.1, 0.15) is 6.33 Å². The van der Waals surface area contributed by atoms with Gasteiger partial charge in [-0.05, 0) is 48.0 Å². The van der Waals surface area contributed by atoms with Gasteiger partial charge < -0.3 is 9.47 Å². The minimum Gasteiger partial charge on any atom is -0.336 e. The molecule has 1 aliphatic heterocycles. The fraction of sp³-hybridized carbons (Fsp3) is 0.417. The van der Waals surface area contributed by atoms with E-state index in [0.29, 0.717) is 30.4 Å². The molecule has 1 aromatic carbocycles. The van der Waals surface area contributed by atoms with Crippen molar-refractivity contribution < 1.29 is 4.79 Å². The van der Waals surface area contributed by atoms with Crippen LogP contribution in [0.2, 0.25) is 0 Å². The number of hydrogen-bond donors (Lipinski definition) is 0. The lowest BCUT2D eigenvalue weighted by Crippen LogP contribution is -2.49. The Morgan fingerprint density at radius 3 is 2.47 bits per heavy atom. The number of piperazine rings is 1. The van der Waals surface area contributed by atoms with E-state index in [9.17, 15) is 4.79 Å². The second kappa shape index (κ2) is 10.2. The molecule has 3 aromatic rings. The number of carbonyl (C=O) groups is 1. The zero-order chi connectivity index (χ0) is 22.5. The average molecular weight is 451 g/mol. The van der Waals surface area contributed by atoms with Gasteiger partial charge >= 0.3 is 0 Å². The molecule has 8 heteroatoms. The van der Waals surface area contributed by atoms with Crippen LogP contribution in [0.1, 0.15) is 41.4 Å². The molecule has 1 fully saturated rings. The molecule has 1 saturated heterocycles. The largest absolute Gasteiger partial charge is 0.336 e. The molecule has 168 valence electrons. The third kappa shape index (κ3) is 5.31. The number of benzene rings is 1. The number of amides is 1. The normalized spacial score (nSPS) is 14.8. The van der Waals surface area contributed by atoms with Crippen molar-refractivity contribution in [3.05, 3.63) is 76.6 Å². The highest BCUT2D eigenvalue weighted by molar-refractivity contribution is 7.71. The van der Waals surface area contributed by atoms with Crippen molar-refractivity contribution in [2.45, 2.75) is 39.4 Å². The first-order chi connectivity index (χ1) is 15.5. The van der Waals surface area contributed by atoms with Crippen LogP contribution >= 0.6 is 12.2 Å². The maximum Gasteiger partial charge on any atom is 0.253 e. The van der Waals surface area contributed by atoms with E-state index in [-0.39, 0.29) is 5.91 Å². The summed E-state index contributed by atoms with van der Waals surface area (Å²) < 4.78 is 4.56. The summed E-state index contributed by atoms with van der Waals surface area (Å²) >= 11 is 5.62. The van der Waals surface area contributed by atoms with Gasteiger partial charge in [0.2, 0.25) is 0 Å². The number of pyridine rings is 1. The lowest BCUT2D eigenvalue weighted by molar-refractivity contribution is 0.0585. The first kappa shape index (κ1) is 22.4. The Labute approximate surface area is 194 Å². The standard InChI is InChI=1S/C24H30N6OS/c1-19(2)20-6-8-21(9-7-20)23(31)28-15-13-27(14-16-28)18-30-24(32)29(17-26-30)12-10-22-5-3-4-11-25-22/h3-9,11,17,19H,10,12-16,18H2,1-2H3. The van der Waals surface area contributed by atoms with E-state index in [1.165, 1.54) is 5.56 Å². The summed E-state index contributed by atoms with van der Waals surface area (Å²) in [5.41, 5.74) is 3.06. The van der Waals surface area contributed by atoms with Crippen molar-refractivity contribution in [1.29, 1.82) is 0 Å². The molecule has 0 aliphatic carbocycles. The highest BCUT2D eigenvalue weighted by atomic mass is 32.1. The molecular formula is C24H30N6OS. The molecule has 0 radical (unpaired) electrons. The zero-order valence-corrected chi connectivity index (χ0v) is 19.5. The van der Waals surface area contributed by atoms with Crippen molar-refractivity contribution in [1.82, 2.24) is 29.1 Å². The molecular weight excluding hydrogens is 420 g/mol. The Morgan fingerprint density at radius 1 is 1.06 bits per heavy atom. The van der Waals surface area contributed by atoms with Crippen LogP contribution in [0.5, 0.6) is 0 Å². The quantitative estimate of drug-likeness (QED) is 0.515. The van der Waals surface area contributed by atoms with Crippen molar-refractivity contribution in [2.75, 3.05) is 26.2 Å². The molecule has 7 nitrogen and oxygen atoms in total. The summed E-state index contributed by atoms with van der Waals surface area (Å²) in [6.07, 6.45) is 4.43. The minimum absolute atomic E-state index is 0.107. The molecule has 1 aliphatic rings. The Bertz CT molecular complexity index is 1080. The highest BCUT2D eigenvalue weighted by Crippen LogP contribution is 2.16. The third-order valence-electron chi connectivity index (χ3n) is 5.95. The van der Waals surface area contributed by atoms with Gasteiger partial charge in [-0.15, -0.1) is 0 Å². The first-order valence-electron chi connectivity index (χ1n) is 11.1. The van der Waals surface area contributed by atoms with Crippen LogP contribution in [0.3, 0.4) is 0 Å². The Morgan fingerprint density at radius 2 is 1.81 bits per heavy atom. The summed E-state index contributed by atoms with van der Waals surface area (Å²) in [4.78, 5) is 21.4. The maximum atomic E-state index is 12.9. The number of aryl methyl sites for hydroxylation is 2. The summed E-state index contributed by atoms with van der Waals surface area (Å²) in [5, 5.41) is 4.48. The third-order valence-corrected chi connectivity index (χ3v) is 6.39. The van der Waals surface area contributed by atoms with Gasteiger partial charge in [-0.25, -0.2) is 4.68 Å². The van der Waals surface area contributed by atoms with Gasteiger partial charge in [0.25, 0.3) is 5.91 Å². The van der Waals surface area contributed by atoms with Gasteiger partial charge in [-0.1, -0.05) is 32.0 Å². The monoisotopic (exact) mass is 450 g/mol. The van der Waals surface area contributed by atoms with E-state index < -0.39 is 0 Å². The fourth-order valence-electron chi connectivity index (χ4n) is 3.88. The van der Waals surface area contributed by atoms with E-state index in [2.05, 4.69) is 41.0 Å². The lowest BCUT2D eigenvalue weighted by atomic mass is 10.0. The molecule has 3 heterocycles. The zero-order valence-electron chi connectivity index (χ0n) is 18.7. The van der Waals surface area contributed by atoms with Gasteiger partial charge in [0.05, 0.1) is 6.67 Å². The van der Waals surface area contributed by atoms with Crippen molar-refractivity contribution in [3.8, 4) is 0 Å². The topological polar surface area (TPSA) is 59.2 Å². The van der Waals surface area contributed by atoms with Crippen molar-refractivity contribution in [2.24, 2.45) is 0 Å². The molecule has 0 unspecified atom stereocenters. The SMILES string of the molecule is CC(C)c1ccc(C(=O)N2CCN(Cn3ncn(CCc4ccccn4)c3=S)CC2)cc1. The molecule has 0 saturated carbocycles. The van der Waals surface area contributed by atoms with E-state index in [0.717, 1.165) is 37.3 Å². The lowest BCUT2D eigenvalue weighted by Gasteiger charge is -2.34. The van der Waals surface area contributed by atoms with Crippen LogP contribution in [-0.2, 0) is 19.6 Å². The minimum atomic E-state index is 0.107. The summed E-state index contributed by atoms with van der Waals surface area (Å²) in [5.74, 6) is 0.573. The molecule has 0 atom stereocenters. The molecule has 32 heavy (non-hydrogen) atoms.